The third kappa shape index (κ3) is 3.80. The Bertz CT molecular complexity index is 442. The van der Waals surface area contributed by atoms with E-state index in [1.807, 2.05) is 0 Å². The second-order valence-corrected chi connectivity index (χ2v) is 11.2. The van der Waals surface area contributed by atoms with Crippen molar-refractivity contribution in [2.75, 3.05) is 14.1 Å². The van der Waals surface area contributed by atoms with Gasteiger partial charge in [0.25, 0.3) is 0 Å². The molecule has 0 amide bonds. The van der Waals surface area contributed by atoms with Crippen molar-refractivity contribution >= 4 is 8.24 Å². The molecule has 0 aliphatic rings. The molecule has 0 N–H and O–H groups in total. The number of nitrogens with zero attached hydrogens (tertiary/aromatic N) is 1. The van der Waals surface area contributed by atoms with Gasteiger partial charge in [-0.3, -0.25) is 0 Å². The third-order valence-electron chi connectivity index (χ3n) is 3.87. The highest BCUT2D eigenvalue weighted by Crippen LogP contribution is 2.58. The fraction of sp³-hybridized carbons (Fsp3) is 1.00. The summed E-state index contributed by atoms with van der Waals surface area (Å²) < 4.78 is 142. The van der Waals surface area contributed by atoms with E-state index in [1.165, 1.54) is 31.8 Å². The Morgan fingerprint density at radius 2 is 1.04 bits per heavy atom. The average molecular weight is 399 g/mol. The molecule has 0 radical (unpaired) electrons. The molecule has 0 unspecified atom stereocenters. The van der Waals surface area contributed by atoms with Gasteiger partial charge in [-0.25, -0.2) is 0 Å². The Hall–Kier alpha value is -0.593. The number of halogens is 11. The van der Waals surface area contributed by atoms with Crippen molar-refractivity contribution in [3.63, 3.8) is 0 Å². The van der Waals surface area contributed by atoms with Crippen LogP contribution < -0.4 is 0 Å². The van der Waals surface area contributed by atoms with Crippen molar-refractivity contribution in [3.8, 4) is 0 Å². The first-order valence-corrected chi connectivity index (χ1v) is 9.56. The maximum atomic E-state index is 13.5. The topological polar surface area (TPSA) is 3.24 Å². The molecule has 0 aliphatic carbocycles. The molecule has 1 nitrogen and oxygen atoms in total. The minimum atomic E-state index is -7.32. The van der Waals surface area contributed by atoms with Gasteiger partial charge in [0.2, 0.25) is 0 Å². The first-order valence-electron chi connectivity index (χ1n) is 6.40. The lowest BCUT2D eigenvalue weighted by Gasteiger charge is -2.38. The normalized spacial score (nSPS) is 16.0. The van der Waals surface area contributed by atoms with E-state index in [2.05, 4.69) is 0 Å². The van der Waals surface area contributed by atoms with Crippen LogP contribution in [0.15, 0.2) is 0 Å². The zero-order valence-corrected chi connectivity index (χ0v) is 14.0. The van der Waals surface area contributed by atoms with Gasteiger partial charge in [0.05, 0.1) is 0 Å². The van der Waals surface area contributed by atoms with Crippen molar-refractivity contribution in [1.29, 1.82) is 0 Å². The summed E-state index contributed by atoms with van der Waals surface area (Å²) in [5, 5.41) is 0. The van der Waals surface area contributed by atoms with Gasteiger partial charge in [0.1, 0.15) is 8.24 Å². The van der Waals surface area contributed by atoms with Crippen LogP contribution >= 0.6 is 0 Å². The standard InChI is InChI=1S/C11H16F11NSi/c1-23(2)24(3,4)6-5-7(12,13)8(14,15)9(16,17)10(18,19)11(20,21)22/h5-6H2,1-4H3. The molecule has 0 heterocycles. The highest BCUT2D eigenvalue weighted by molar-refractivity contribution is 6.74. The molecule has 13 heteroatoms. The van der Waals surface area contributed by atoms with Crippen LogP contribution in [0, 0.1) is 0 Å². The van der Waals surface area contributed by atoms with Crippen LogP contribution in [-0.2, 0) is 0 Å². The van der Waals surface area contributed by atoms with Crippen LogP contribution in [0.5, 0.6) is 0 Å². The molecule has 0 rings (SSSR count). The number of rotatable bonds is 7. The number of hydrogen-bond donors (Lipinski definition) is 0. The first kappa shape index (κ1) is 23.4. The molecule has 0 aromatic carbocycles. The van der Waals surface area contributed by atoms with Crippen LogP contribution in [-0.4, -0.2) is 56.8 Å². The van der Waals surface area contributed by atoms with E-state index in [0.717, 1.165) is 0 Å². The minimum absolute atomic E-state index is 0.726. The molecule has 0 aliphatic heterocycles. The van der Waals surface area contributed by atoms with E-state index < -0.39 is 50.6 Å². The predicted molar refractivity (Wildman–Crippen MR) is 66.4 cm³/mol. The first-order chi connectivity index (χ1) is 10.2. The van der Waals surface area contributed by atoms with Gasteiger partial charge < -0.3 is 4.57 Å². The van der Waals surface area contributed by atoms with E-state index in [1.54, 1.807) is 0 Å². The molecular formula is C11H16F11NSi. The molecule has 0 atom stereocenters. The highest BCUT2D eigenvalue weighted by Gasteiger charge is 2.86. The zero-order valence-electron chi connectivity index (χ0n) is 13.0. The van der Waals surface area contributed by atoms with Crippen molar-refractivity contribution in [3.05, 3.63) is 0 Å². The smallest absolute Gasteiger partial charge is 0.329 e. The van der Waals surface area contributed by atoms with Gasteiger partial charge in [-0.1, -0.05) is 13.1 Å². The maximum Gasteiger partial charge on any atom is 0.460 e. The summed E-state index contributed by atoms with van der Waals surface area (Å²) in [7, 11) is 0.0777. The lowest BCUT2D eigenvalue weighted by Crippen LogP contribution is -2.66. The largest absolute Gasteiger partial charge is 0.460 e. The SMILES string of the molecule is CN(C)[Si](C)(C)CCC(F)(F)C(F)(F)C(F)(F)C(F)(F)C(F)(F)F. The lowest BCUT2D eigenvalue weighted by atomic mass is 9.96. The Balaban J connectivity index is 5.70. The Kier molecular flexibility index (Phi) is 6.13. The minimum Gasteiger partial charge on any atom is -0.329 e. The lowest BCUT2D eigenvalue weighted by molar-refractivity contribution is -0.422. The molecule has 0 aromatic heterocycles. The highest BCUT2D eigenvalue weighted by atomic mass is 28.3. The van der Waals surface area contributed by atoms with Crippen molar-refractivity contribution < 1.29 is 48.3 Å². The molecule has 0 bridgehead atoms. The van der Waals surface area contributed by atoms with E-state index >= 15 is 0 Å². The second kappa shape index (κ2) is 6.29. The van der Waals surface area contributed by atoms with Crippen LogP contribution in [0.4, 0.5) is 48.3 Å². The molecule has 24 heavy (non-hydrogen) atoms. The number of alkyl halides is 11. The van der Waals surface area contributed by atoms with E-state index in [9.17, 15) is 48.3 Å². The molecule has 0 spiro atoms. The zero-order chi connectivity index (χ0) is 20.0. The summed E-state index contributed by atoms with van der Waals surface area (Å²) in [6, 6.07) is -0.726. The van der Waals surface area contributed by atoms with Gasteiger partial charge in [0.15, 0.2) is 0 Å². The Morgan fingerprint density at radius 3 is 1.33 bits per heavy atom. The maximum absolute atomic E-state index is 13.5. The third-order valence-corrected chi connectivity index (χ3v) is 7.76. The van der Waals surface area contributed by atoms with Gasteiger partial charge in [-0.05, 0) is 20.1 Å². The quantitative estimate of drug-likeness (QED) is 0.418. The number of hydrogen-bond acceptors (Lipinski definition) is 1. The van der Waals surface area contributed by atoms with Gasteiger partial charge in [-0.2, -0.15) is 48.3 Å². The summed E-state index contributed by atoms with van der Waals surface area (Å²) in [4.78, 5) is 0. The summed E-state index contributed by atoms with van der Waals surface area (Å²) in [5.74, 6) is -27.3. The molecule has 0 saturated heterocycles. The van der Waals surface area contributed by atoms with Crippen LogP contribution in [0.25, 0.3) is 0 Å². The molecule has 146 valence electrons. The van der Waals surface area contributed by atoms with E-state index in [-0.39, 0.29) is 0 Å². The van der Waals surface area contributed by atoms with Gasteiger partial charge >= 0.3 is 29.9 Å². The van der Waals surface area contributed by atoms with Crippen molar-refractivity contribution in [1.82, 2.24) is 4.57 Å². The van der Waals surface area contributed by atoms with Gasteiger partial charge in [0, 0.05) is 6.42 Å². The average Bonchev–Trinajstić information content (AvgIpc) is 2.34. The fourth-order valence-corrected chi connectivity index (χ4v) is 2.82. The van der Waals surface area contributed by atoms with Crippen molar-refractivity contribution in [2.45, 2.75) is 55.4 Å². The summed E-state index contributed by atoms with van der Waals surface area (Å²) >= 11 is 0. The molecular weight excluding hydrogens is 383 g/mol. The van der Waals surface area contributed by atoms with E-state index in [4.69, 9.17) is 0 Å². The summed E-state index contributed by atoms with van der Waals surface area (Å²) in [6.07, 6.45) is -9.07. The van der Waals surface area contributed by atoms with Crippen LogP contribution in [0.2, 0.25) is 19.1 Å². The van der Waals surface area contributed by atoms with Crippen LogP contribution in [0.3, 0.4) is 0 Å². The van der Waals surface area contributed by atoms with Crippen LogP contribution in [0.1, 0.15) is 6.42 Å². The monoisotopic (exact) mass is 399 g/mol. The Labute approximate surface area is 131 Å². The predicted octanol–water partition coefficient (Wildman–Crippen LogP) is 5.25. The summed E-state index contributed by atoms with van der Waals surface area (Å²) in [6.45, 7) is 2.81. The molecule has 0 aromatic rings. The molecule has 0 fully saturated rings. The summed E-state index contributed by atoms with van der Waals surface area (Å²) in [5.41, 5.74) is 0. The second-order valence-electron chi connectivity index (χ2n) is 6.13. The van der Waals surface area contributed by atoms with Crippen molar-refractivity contribution in [2.24, 2.45) is 0 Å². The Morgan fingerprint density at radius 1 is 0.667 bits per heavy atom. The fourth-order valence-electron chi connectivity index (χ4n) is 1.45. The van der Waals surface area contributed by atoms with E-state index in [0.29, 0.717) is 0 Å². The van der Waals surface area contributed by atoms with Gasteiger partial charge in [-0.15, -0.1) is 0 Å². The molecule has 0 saturated carbocycles.